The van der Waals surface area contributed by atoms with Gasteiger partial charge >= 0.3 is 0 Å². The summed E-state index contributed by atoms with van der Waals surface area (Å²) in [5.41, 5.74) is 4.89. The van der Waals surface area contributed by atoms with Crippen LogP contribution in [-0.4, -0.2) is 43.5 Å². The molecule has 45 heavy (non-hydrogen) atoms. The summed E-state index contributed by atoms with van der Waals surface area (Å²) >= 11 is 19.2. The summed E-state index contributed by atoms with van der Waals surface area (Å²) in [6, 6.07) is 20.8. The second-order valence-electron chi connectivity index (χ2n) is 12.3. The lowest BCUT2D eigenvalue weighted by atomic mass is 9.98. The Morgan fingerprint density at radius 2 is 1.71 bits per heavy atom. The lowest BCUT2D eigenvalue weighted by Crippen LogP contribution is -2.46. The smallest absolute Gasteiger partial charge is 0.109 e. The number of nitrogens with one attached hydrogen (secondary N) is 2. The minimum absolute atomic E-state index is 0.146. The van der Waals surface area contributed by atoms with Gasteiger partial charge in [-0.3, -0.25) is 9.88 Å². The molecule has 2 aromatic heterocycles. The van der Waals surface area contributed by atoms with Gasteiger partial charge in [-0.15, -0.1) is 5.10 Å². The van der Waals surface area contributed by atoms with Crippen molar-refractivity contribution < 1.29 is 0 Å². The minimum Gasteiger partial charge on any atom is -0.371 e. The molecule has 1 saturated heterocycles. The molecule has 0 spiro atoms. The average molecular weight is 660 g/mol. The van der Waals surface area contributed by atoms with Crippen LogP contribution in [0.4, 0.5) is 17.1 Å². The predicted octanol–water partition coefficient (Wildman–Crippen LogP) is 9.04. The molecule has 1 aliphatic heterocycles. The van der Waals surface area contributed by atoms with Crippen LogP contribution in [-0.2, 0) is 0 Å². The van der Waals surface area contributed by atoms with Crippen molar-refractivity contribution in [3.05, 3.63) is 105 Å². The number of nitrogens with zero attached hydrogens (tertiary/aromatic N) is 6. The van der Waals surface area contributed by atoms with E-state index in [0.717, 1.165) is 42.9 Å². The number of aromatic nitrogens is 4. The number of hydrogen-bond acceptors (Lipinski definition) is 7. The quantitative estimate of drug-likeness (QED) is 0.180. The highest BCUT2D eigenvalue weighted by molar-refractivity contribution is 6.32. The molecule has 3 heterocycles. The second-order valence-corrected chi connectivity index (χ2v) is 13.6. The van der Waals surface area contributed by atoms with Gasteiger partial charge in [0.15, 0.2) is 0 Å². The fourth-order valence-corrected chi connectivity index (χ4v) is 6.38. The lowest BCUT2D eigenvalue weighted by molar-refractivity contribution is 0.0866. The Bertz CT molecular complexity index is 1870. The molecule has 0 radical (unpaired) electrons. The summed E-state index contributed by atoms with van der Waals surface area (Å²) in [4.78, 5) is 7.21. The predicted molar refractivity (Wildman–Crippen MR) is 183 cm³/mol. The molecule has 0 unspecified atom stereocenters. The number of anilines is 3. The van der Waals surface area contributed by atoms with Crippen LogP contribution in [0.15, 0.2) is 73.1 Å². The van der Waals surface area contributed by atoms with E-state index in [-0.39, 0.29) is 17.6 Å². The average Bonchev–Trinajstić information content (AvgIpc) is 3.50. The van der Waals surface area contributed by atoms with Gasteiger partial charge in [0, 0.05) is 51.0 Å². The third-order valence-corrected chi connectivity index (χ3v) is 8.97. The fraction of sp³-hybridized carbons (Fsp3) is 0.294. The first kappa shape index (κ1) is 31.1. The van der Waals surface area contributed by atoms with E-state index in [1.807, 2.05) is 53.3 Å². The molecule has 230 valence electrons. The van der Waals surface area contributed by atoms with Crippen molar-refractivity contribution in [2.24, 2.45) is 0 Å². The largest absolute Gasteiger partial charge is 0.371 e. The van der Waals surface area contributed by atoms with Crippen LogP contribution in [0.2, 0.25) is 15.1 Å². The zero-order chi connectivity index (χ0) is 31.7. The van der Waals surface area contributed by atoms with E-state index in [9.17, 15) is 5.26 Å². The van der Waals surface area contributed by atoms with Gasteiger partial charge in [0.05, 0.1) is 40.7 Å². The van der Waals surface area contributed by atoms with Crippen molar-refractivity contribution >= 4 is 62.8 Å². The van der Waals surface area contributed by atoms with E-state index < -0.39 is 0 Å². The number of benzene rings is 3. The molecule has 0 saturated carbocycles. The third-order valence-electron chi connectivity index (χ3n) is 8.26. The number of likely N-dealkylation sites (tertiary alicyclic amines) is 1. The molecule has 8 nitrogen and oxygen atoms in total. The maximum absolute atomic E-state index is 9.94. The molecule has 2 N–H and O–H groups in total. The molecule has 3 aromatic carbocycles. The molecule has 0 amide bonds. The second kappa shape index (κ2) is 12.9. The number of nitriles is 1. The summed E-state index contributed by atoms with van der Waals surface area (Å²) in [5.74, 6) is 0. The van der Waals surface area contributed by atoms with Gasteiger partial charge < -0.3 is 10.6 Å². The van der Waals surface area contributed by atoms with E-state index in [0.29, 0.717) is 42.9 Å². The van der Waals surface area contributed by atoms with Crippen LogP contribution in [0.1, 0.15) is 62.5 Å². The van der Waals surface area contributed by atoms with E-state index >= 15 is 0 Å². The van der Waals surface area contributed by atoms with Gasteiger partial charge in [-0.05, 0) is 81.6 Å². The van der Waals surface area contributed by atoms with Crippen molar-refractivity contribution in [1.82, 2.24) is 24.9 Å². The normalized spacial score (nSPS) is 15.1. The van der Waals surface area contributed by atoms with E-state index in [1.54, 1.807) is 24.4 Å². The van der Waals surface area contributed by atoms with Gasteiger partial charge in [-0.25, -0.2) is 4.68 Å². The highest BCUT2D eigenvalue weighted by Crippen LogP contribution is 2.38. The summed E-state index contributed by atoms with van der Waals surface area (Å²) in [6.07, 6.45) is 5.60. The molecule has 11 heteroatoms. The third kappa shape index (κ3) is 6.87. The Balaban J connectivity index is 1.37. The van der Waals surface area contributed by atoms with Gasteiger partial charge in [0.1, 0.15) is 11.8 Å². The molecule has 0 aliphatic carbocycles. The summed E-state index contributed by atoms with van der Waals surface area (Å²) < 4.78 is 2.00. The number of rotatable bonds is 7. The van der Waals surface area contributed by atoms with Crippen molar-refractivity contribution in [1.29, 1.82) is 5.26 Å². The summed E-state index contributed by atoms with van der Waals surface area (Å²) in [5, 5.41) is 28.6. The van der Waals surface area contributed by atoms with Crippen molar-refractivity contribution in [3.63, 3.8) is 0 Å². The van der Waals surface area contributed by atoms with Crippen LogP contribution < -0.4 is 10.6 Å². The molecule has 1 fully saturated rings. The SMILES string of the molecule is CC(C)(C)N1CCC(n2cc([C@@H](Nc3cc(Cl)cc4c(Nc5cccc(Cl)c5)c(C#N)cnc34)c3ccc(Cl)cc3)nn2)CC1. The molecule has 0 bridgehead atoms. The van der Waals surface area contributed by atoms with E-state index in [1.165, 1.54) is 0 Å². The molecule has 1 aliphatic rings. The van der Waals surface area contributed by atoms with E-state index in [4.69, 9.17) is 39.8 Å². The summed E-state index contributed by atoms with van der Waals surface area (Å²) in [6.45, 7) is 8.80. The fourth-order valence-electron chi connectivity index (χ4n) is 5.85. The molecule has 1 atom stereocenters. The number of piperidine rings is 1. The molecule has 6 rings (SSSR count). The highest BCUT2D eigenvalue weighted by Gasteiger charge is 2.29. The van der Waals surface area contributed by atoms with Crippen LogP contribution in [0.3, 0.4) is 0 Å². The highest BCUT2D eigenvalue weighted by atomic mass is 35.5. The Kier molecular flexibility index (Phi) is 8.89. The Hall–Kier alpha value is -3.87. The maximum Gasteiger partial charge on any atom is 0.109 e. The van der Waals surface area contributed by atoms with Gasteiger partial charge in [0.2, 0.25) is 0 Å². The standard InChI is InChI=1S/C34H33Cl3N8/c1-34(2,3)44-13-11-27(12-14-44)45-20-30(42-43-45)32(21-7-9-23(35)10-8-21)41-29-17-25(37)16-28-31(22(18-38)19-39-33(28)29)40-26-6-4-5-24(36)15-26/h4-10,15-17,19-20,27,32,41H,11-14H2,1-3H3,(H,39,40)/t32-/m0/s1. The van der Waals surface area contributed by atoms with Crippen molar-refractivity contribution in [2.75, 3.05) is 23.7 Å². The number of hydrogen-bond donors (Lipinski definition) is 2. The number of halogens is 3. The Morgan fingerprint density at radius 3 is 2.40 bits per heavy atom. The van der Waals surface area contributed by atoms with E-state index in [2.05, 4.69) is 52.7 Å². The first-order chi connectivity index (χ1) is 21.6. The molecular formula is C34H33Cl3N8. The summed E-state index contributed by atoms with van der Waals surface area (Å²) in [7, 11) is 0. The first-order valence-electron chi connectivity index (χ1n) is 14.8. The van der Waals surface area contributed by atoms with Crippen molar-refractivity contribution in [2.45, 2.75) is 51.2 Å². The Labute approximate surface area is 277 Å². The van der Waals surface area contributed by atoms with Crippen LogP contribution in [0, 0.1) is 11.3 Å². The monoisotopic (exact) mass is 658 g/mol. The first-order valence-corrected chi connectivity index (χ1v) is 16.0. The number of pyridine rings is 1. The molecular weight excluding hydrogens is 627 g/mol. The van der Waals surface area contributed by atoms with Crippen LogP contribution in [0.25, 0.3) is 10.9 Å². The van der Waals surface area contributed by atoms with Gasteiger partial charge in [0.25, 0.3) is 0 Å². The van der Waals surface area contributed by atoms with Crippen molar-refractivity contribution in [3.8, 4) is 6.07 Å². The van der Waals surface area contributed by atoms with Gasteiger partial charge in [-0.2, -0.15) is 5.26 Å². The zero-order valence-electron chi connectivity index (χ0n) is 25.2. The van der Waals surface area contributed by atoms with Crippen LogP contribution >= 0.6 is 34.8 Å². The lowest BCUT2D eigenvalue weighted by Gasteiger charge is -2.40. The minimum atomic E-state index is -0.380. The molecule has 5 aromatic rings. The Morgan fingerprint density at radius 1 is 0.956 bits per heavy atom. The topological polar surface area (TPSA) is 94.7 Å². The maximum atomic E-state index is 9.94. The number of fused-ring (bicyclic) bond motifs is 1. The van der Waals surface area contributed by atoms with Crippen LogP contribution in [0.5, 0.6) is 0 Å². The van der Waals surface area contributed by atoms with Gasteiger partial charge in [-0.1, -0.05) is 58.2 Å². The zero-order valence-corrected chi connectivity index (χ0v) is 27.5.